The summed E-state index contributed by atoms with van der Waals surface area (Å²) in [4.78, 5) is 10.5. The van der Waals surface area contributed by atoms with Crippen molar-refractivity contribution in [2.24, 2.45) is 0 Å². The van der Waals surface area contributed by atoms with E-state index < -0.39 is 0 Å². The Morgan fingerprint density at radius 2 is 1.90 bits per heavy atom. The molecular weight excluding hydrogens is 297 g/mol. The Balaban J connectivity index is 2.30. The summed E-state index contributed by atoms with van der Waals surface area (Å²) in [5.41, 5.74) is 1.88. The van der Waals surface area contributed by atoms with Crippen LogP contribution in [0.25, 0.3) is 21.3 Å². The van der Waals surface area contributed by atoms with E-state index in [1.165, 1.54) is 12.1 Å². The highest BCUT2D eigenvalue weighted by Crippen LogP contribution is 2.40. The molecule has 1 N–H and O–H groups in total. The van der Waals surface area contributed by atoms with Gasteiger partial charge in [0.25, 0.3) is 0 Å². The van der Waals surface area contributed by atoms with E-state index in [-0.39, 0.29) is 5.82 Å². The highest BCUT2D eigenvalue weighted by atomic mass is 35.5. The van der Waals surface area contributed by atoms with Crippen LogP contribution in [0.3, 0.4) is 0 Å². The molecular formula is C14H11ClFN3S. The molecule has 0 aliphatic heterocycles. The van der Waals surface area contributed by atoms with Gasteiger partial charge in [0.1, 0.15) is 15.8 Å². The predicted octanol–water partition coefficient (Wildman–Crippen LogP) is 4.50. The van der Waals surface area contributed by atoms with Gasteiger partial charge in [-0.25, -0.2) is 14.4 Å². The zero-order valence-corrected chi connectivity index (χ0v) is 12.4. The SMILES string of the molecule is CNc1nc(Cl)c2c(-c3ccc(F)cc3)c(C)sc2n1. The maximum Gasteiger partial charge on any atom is 0.225 e. The van der Waals surface area contributed by atoms with E-state index in [0.29, 0.717) is 11.1 Å². The number of aryl methyl sites for hydroxylation is 1. The molecule has 0 fully saturated rings. The first-order valence-corrected chi connectivity index (χ1v) is 7.20. The second kappa shape index (κ2) is 5.00. The molecule has 2 heterocycles. The van der Waals surface area contributed by atoms with Gasteiger partial charge in [-0.05, 0) is 24.6 Å². The zero-order chi connectivity index (χ0) is 14.3. The fraction of sp³-hybridized carbons (Fsp3) is 0.143. The summed E-state index contributed by atoms with van der Waals surface area (Å²) in [6.07, 6.45) is 0. The van der Waals surface area contributed by atoms with Gasteiger partial charge >= 0.3 is 0 Å². The summed E-state index contributed by atoms with van der Waals surface area (Å²) in [6, 6.07) is 6.36. The Bertz CT molecular complexity index is 783. The average molecular weight is 308 g/mol. The van der Waals surface area contributed by atoms with Gasteiger partial charge in [-0.15, -0.1) is 11.3 Å². The molecule has 0 saturated heterocycles. The van der Waals surface area contributed by atoms with Gasteiger partial charge in [0, 0.05) is 17.5 Å². The Morgan fingerprint density at radius 1 is 1.20 bits per heavy atom. The lowest BCUT2D eigenvalue weighted by Crippen LogP contribution is -1.96. The molecule has 0 radical (unpaired) electrons. The number of nitrogens with one attached hydrogen (secondary N) is 1. The Hall–Kier alpha value is -1.72. The number of aromatic nitrogens is 2. The Kier molecular flexibility index (Phi) is 3.31. The van der Waals surface area contributed by atoms with Crippen molar-refractivity contribution in [2.75, 3.05) is 12.4 Å². The number of thiophene rings is 1. The fourth-order valence-corrected chi connectivity index (χ4v) is 3.51. The lowest BCUT2D eigenvalue weighted by Gasteiger charge is -2.04. The van der Waals surface area contributed by atoms with Crippen molar-refractivity contribution in [2.45, 2.75) is 6.92 Å². The molecule has 3 nitrogen and oxygen atoms in total. The van der Waals surface area contributed by atoms with Crippen molar-refractivity contribution in [3.8, 4) is 11.1 Å². The van der Waals surface area contributed by atoms with Crippen molar-refractivity contribution in [3.05, 3.63) is 40.1 Å². The third-order valence-corrected chi connectivity index (χ3v) is 4.31. The molecule has 3 aromatic rings. The van der Waals surface area contributed by atoms with Crippen LogP contribution in [0.5, 0.6) is 0 Å². The molecule has 0 unspecified atom stereocenters. The van der Waals surface area contributed by atoms with Gasteiger partial charge in [-0.1, -0.05) is 23.7 Å². The van der Waals surface area contributed by atoms with E-state index >= 15 is 0 Å². The van der Waals surface area contributed by atoms with Crippen LogP contribution in [0.15, 0.2) is 24.3 Å². The Morgan fingerprint density at radius 3 is 2.55 bits per heavy atom. The Labute approximate surface area is 124 Å². The number of anilines is 1. The summed E-state index contributed by atoms with van der Waals surface area (Å²) in [6.45, 7) is 2.00. The van der Waals surface area contributed by atoms with Crippen LogP contribution in [-0.4, -0.2) is 17.0 Å². The number of hydrogen-bond donors (Lipinski definition) is 1. The molecule has 3 rings (SSSR count). The van der Waals surface area contributed by atoms with Crippen LogP contribution in [0.2, 0.25) is 5.15 Å². The molecule has 6 heteroatoms. The third-order valence-electron chi connectivity index (χ3n) is 3.04. The molecule has 0 bridgehead atoms. The lowest BCUT2D eigenvalue weighted by atomic mass is 10.0. The topological polar surface area (TPSA) is 37.8 Å². The van der Waals surface area contributed by atoms with Gasteiger partial charge in [0.05, 0.1) is 5.39 Å². The average Bonchev–Trinajstić information content (AvgIpc) is 2.76. The molecule has 0 amide bonds. The van der Waals surface area contributed by atoms with E-state index in [0.717, 1.165) is 26.2 Å². The van der Waals surface area contributed by atoms with Crippen molar-refractivity contribution >= 4 is 39.1 Å². The first-order valence-electron chi connectivity index (χ1n) is 6.00. The van der Waals surface area contributed by atoms with Crippen LogP contribution >= 0.6 is 22.9 Å². The minimum absolute atomic E-state index is 0.259. The molecule has 20 heavy (non-hydrogen) atoms. The van der Waals surface area contributed by atoms with Gasteiger partial charge in [0.2, 0.25) is 5.95 Å². The van der Waals surface area contributed by atoms with Crippen LogP contribution < -0.4 is 5.32 Å². The van der Waals surface area contributed by atoms with Gasteiger partial charge < -0.3 is 5.32 Å². The summed E-state index contributed by atoms with van der Waals surface area (Å²) in [7, 11) is 1.75. The van der Waals surface area contributed by atoms with Gasteiger partial charge in [0.15, 0.2) is 0 Å². The number of nitrogens with zero attached hydrogens (tertiary/aromatic N) is 2. The van der Waals surface area contributed by atoms with E-state index in [2.05, 4.69) is 15.3 Å². The summed E-state index contributed by atoms with van der Waals surface area (Å²) >= 11 is 7.83. The number of benzene rings is 1. The number of halogens is 2. The van der Waals surface area contributed by atoms with Crippen molar-refractivity contribution in [1.29, 1.82) is 0 Å². The summed E-state index contributed by atoms with van der Waals surface area (Å²) in [5, 5.41) is 4.11. The van der Waals surface area contributed by atoms with Crippen molar-refractivity contribution in [1.82, 2.24) is 9.97 Å². The number of fused-ring (bicyclic) bond motifs is 1. The minimum atomic E-state index is -0.259. The molecule has 0 saturated carbocycles. The maximum absolute atomic E-state index is 13.1. The summed E-state index contributed by atoms with van der Waals surface area (Å²) < 4.78 is 13.1. The molecule has 102 valence electrons. The van der Waals surface area contributed by atoms with E-state index in [1.54, 1.807) is 30.5 Å². The highest BCUT2D eigenvalue weighted by Gasteiger charge is 2.17. The molecule has 0 spiro atoms. The first-order chi connectivity index (χ1) is 9.60. The van der Waals surface area contributed by atoms with Crippen LogP contribution in [0.1, 0.15) is 4.88 Å². The second-order valence-electron chi connectivity index (χ2n) is 4.31. The predicted molar refractivity (Wildman–Crippen MR) is 82.1 cm³/mol. The van der Waals surface area contributed by atoms with Crippen LogP contribution in [0.4, 0.5) is 10.3 Å². The maximum atomic E-state index is 13.1. The quantitative estimate of drug-likeness (QED) is 0.708. The largest absolute Gasteiger partial charge is 0.357 e. The second-order valence-corrected chi connectivity index (χ2v) is 5.87. The minimum Gasteiger partial charge on any atom is -0.357 e. The third kappa shape index (κ3) is 2.13. The van der Waals surface area contributed by atoms with Crippen molar-refractivity contribution < 1.29 is 4.39 Å². The smallest absolute Gasteiger partial charge is 0.225 e. The monoisotopic (exact) mass is 307 g/mol. The molecule has 1 aromatic carbocycles. The van der Waals surface area contributed by atoms with E-state index in [1.807, 2.05) is 6.92 Å². The molecule has 2 aromatic heterocycles. The number of hydrogen-bond acceptors (Lipinski definition) is 4. The van der Waals surface area contributed by atoms with Crippen molar-refractivity contribution in [3.63, 3.8) is 0 Å². The molecule has 0 aliphatic carbocycles. The van der Waals surface area contributed by atoms with Gasteiger partial charge in [-0.3, -0.25) is 0 Å². The van der Waals surface area contributed by atoms with E-state index in [4.69, 9.17) is 11.6 Å². The first kappa shape index (κ1) is 13.3. The van der Waals surface area contributed by atoms with Crippen LogP contribution in [0, 0.1) is 12.7 Å². The van der Waals surface area contributed by atoms with Crippen LogP contribution in [-0.2, 0) is 0 Å². The normalized spacial score (nSPS) is 11.0. The fourth-order valence-electron chi connectivity index (χ4n) is 2.15. The van der Waals surface area contributed by atoms with Gasteiger partial charge in [-0.2, -0.15) is 0 Å². The number of rotatable bonds is 2. The molecule has 0 atom stereocenters. The van der Waals surface area contributed by atoms with E-state index in [9.17, 15) is 4.39 Å². The molecule has 0 aliphatic rings. The summed E-state index contributed by atoms with van der Waals surface area (Å²) in [5.74, 6) is 0.236. The lowest BCUT2D eigenvalue weighted by molar-refractivity contribution is 0.628. The standard InChI is InChI=1S/C14H11ClFN3S/c1-7-10(8-3-5-9(16)6-4-8)11-12(15)18-14(17-2)19-13(11)20-7/h3-6H,1-2H3,(H,17,18,19). The highest BCUT2D eigenvalue weighted by molar-refractivity contribution is 7.19. The zero-order valence-electron chi connectivity index (χ0n) is 10.9.